The fourth-order valence-electron chi connectivity index (χ4n) is 4.01. The molecule has 1 heterocycles. The second-order valence-electron chi connectivity index (χ2n) is 6.45. The monoisotopic (exact) mass is 341 g/mol. The molecular formula is C17H21Cl2NO2. The zero-order chi connectivity index (χ0) is 15.9. The van der Waals surface area contributed by atoms with Crippen LogP contribution >= 0.6 is 23.2 Å². The summed E-state index contributed by atoms with van der Waals surface area (Å²) in [6, 6.07) is 3.60. The predicted molar refractivity (Wildman–Crippen MR) is 88.9 cm³/mol. The van der Waals surface area contributed by atoms with Gasteiger partial charge in [0.15, 0.2) is 5.78 Å². The third kappa shape index (κ3) is 2.69. The third-order valence-corrected chi connectivity index (χ3v) is 5.65. The van der Waals surface area contributed by atoms with Crippen LogP contribution in [0.1, 0.15) is 42.7 Å². The Morgan fingerprint density at radius 3 is 2.82 bits per heavy atom. The number of halogens is 2. The van der Waals surface area contributed by atoms with Crippen molar-refractivity contribution >= 4 is 29.0 Å². The van der Waals surface area contributed by atoms with Crippen molar-refractivity contribution in [2.45, 2.75) is 50.2 Å². The summed E-state index contributed by atoms with van der Waals surface area (Å²) in [6.45, 7) is 2.60. The Balaban J connectivity index is 1.91. The molecule has 3 nitrogen and oxygen atoms in total. The van der Waals surface area contributed by atoms with E-state index in [9.17, 15) is 4.79 Å². The van der Waals surface area contributed by atoms with Gasteiger partial charge in [-0.05, 0) is 55.9 Å². The number of benzene rings is 1. The first-order valence-corrected chi connectivity index (χ1v) is 8.50. The molecule has 1 spiro atoms. The molecule has 1 saturated carbocycles. The number of methoxy groups -OCH3 is 1. The first kappa shape index (κ1) is 16.3. The van der Waals surface area contributed by atoms with Crippen molar-refractivity contribution in [2.24, 2.45) is 0 Å². The summed E-state index contributed by atoms with van der Waals surface area (Å²) in [6.07, 6.45) is 3.83. The van der Waals surface area contributed by atoms with Crippen molar-refractivity contribution in [3.05, 3.63) is 33.3 Å². The van der Waals surface area contributed by atoms with Crippen LogP contribution in [0.15, 0.2) is 12.1 Å². The molecule has 3 atom stereocenters. The number of carbonyl (C=O) groups excluding carboxylic acids is 1. The van der Waals surface area contributed by atoms with Crippen molar-refractivity contribution in [3.63, 3.8) is 0 Å². The Labute approximate surface area is 141 Å². The molecule has 0 aromatic heterocycles. The molecule has 1 saturated heterocycles. The lowest BCUT2D eigenvalue weighted by atomic mass is 9.75. The average molecular weight is 342 g/mol. The first-order chi connectivity index (χ1) is 10.5. The summed E-state index contributed by atoms with van der Waals surface area (Å²) < 4.78 is 5.49. The minimum absolute atomic E-state index is 0.158. The summed E-state index contributed by atoms with van der Waals surface area (Å²) >= 11 is 12.4. The lowest BCUT2D eigenvalue weighted by molar-refractivity contribution is -0.126. The molecule has 1 N–H and O–H groups in total. The van der Waals surface area contributed by atoms with E-state index in [4.69, 9.17) is 27.9 Å². The van der Waals surface area contributed by atoms with Crippen LogP contribution in [0.2, 0.25) is 10.0 Å². The molecule has 2 fully saturated rings. The van der Waals surface area contributed by atoms with E-state index in [1.807, 2.05) is 13.0 Å². The average Bonchev–Trinajstić information content (AvgIpc) is 2.76. The Morgan fingerprint density at radius 2 is 2.14 bits per heavy atom. The number of nitrogens with one attached hydrogen (secondary N) is 1. The molecule has 2 aliphatic rings. The fraction of sp³-hybridized carbons (Fsp3) is 0.588. The van der Waals surface area contributed by atoms with E-state index < -0.39 is 5.54 Å². The van der Waals surface area contributed by atoms with Gasteiger partial charge in [-0.3, -0.25) is 4.79 Å². The molecule has 0 amide bonds. The summed E-state index contributed by atoms with van der Waals surface area (Å²) in [5.74, 6) is 0.0574. The molecule has 0 bridgehead atoms. The number of hydrogen-bond donors (Lipinski definition) is 1. The standard InChI is InChI=1S/C17H21Cl2NO2/c1-10-6-11(18)7-14(19)15(10)13-9-20-17(16(13)21)5-3-4-12(8-17)22-2/h6-7,12-13,20H,3-5,8-9H2,1-2H3. The Kier molecular flexibility index (Phi) is 4.52. The van der Waals surface area contributed by atoms with E-state index in [0.29, 0.717) is 16.6 Å². The molecule has 3 rings (SSSR count). The molecule has 1 aliphatic heterocycles. The number of hydrogen-bond acceptors (Lipinski definition) is 3. The van der Waals surface area contributed by atoms with Gasteiger partial charge in [0.1, 0.15) is 0 Å². The van der Waals surface area contributed by atoms with Crippen LogP contribution in [0.4, 0.5) is 0 Å². The summed E-state index contributed by atoms with van der Waals surface area (Å²) in [5, 5.41) is 4.67. The highest BCUT2D eigenvalue weighted by molar-refractivity contribution is 6.35. The van der Waals surface area contributed by atoms with Gasteiger partial charge in [-0.1, -0.05) is 23.2 Å². The maximum Gasteiger partial charge on any atom is 0.161 e. The smallest absolute Gasteiger partial charge is 0.161 e. The van der Waals surface area contributed by atoms with Crippen LogP contribution in [0.25, 0.3) is 0 Å². The van der Waals surface area contributed by atoms with Crippen LogP contribution in [-0.4, -0.2) is 31.1 Å². The zero-order valence-electron chi connectivity index (χ0n) is 12.9. The van der Waals surface area contributed by atoms with Crippen molar-refractivity contribution in [2.75, 3.05) is 13.7 Å². The zero-order valence-corrected chi connectivity index (χ0v) is 14.4. The molecule has 120 valence electrons. The number of ether oxygens (including phenoxy) is 1. The van der Waals surface area contributed by atoms with Gasteiger partial charge in [-0.2, -0.15) is 0 Å². The molecule has 5 heteroatoms. The number of Topliss-reactive ketones (excluding diaryl/α,β-unsaturated/α-hetero) is 1. The normalized spacial score (nSPS) is 31.9. The first-order valence-electron chi connectivity index (χ1n) is 7.74. The Bertz CT molecular complexity index is 581. The maximum absolute atomic E-state index is 13.1. The van der Waals surface area contributed by atoms with Crippen LogP contribution in [0.5, 0.6) is 0 Å². The topological polar surface area (TPSA) is 38.3 Å². The molecule has 22 heavy (non-hydrogen) atoms. The molecule has 1 aromatic rings. The summed E-state index contributed by atoms with van der Waals surface area (Å²) in [7, 11) is 1.72. The predicted octanol–water partition coefficient (Wildman–Crippen LogP) is 3.89. The van der Waals surface area contributed by atoms with Crippen molar-refractivity contribution < 1.29 is 9.53 Å². The number of ketones is 1. The lowest BCUT2D eigenvalue weighted by Gasteiger charge is -2.36. The van der Waals surface area contributed by atoms with E-state index in [2.05, 4.69) is 5.32 Å². The SMILES string of the molecule is COC1CCCC2(C1)NCC(c1c(C)cc(Cl)cc1Cl)C2=O. The Morgan fingerprint density at radius 1 is 1.36 bits per heavy atom. The van der Waals surface area contributed by atoms with Gasteiger partial charge in [-0.25, -0.2) is 0 Å². The molecule has 0 radical (unpaired) electrons. The van der Waals surface area contributed by atoms with Gasteiger partial charge in [0.25, 0.3) is 0 Å². The lowest BCUT2D eigenvalue weighted by Crippen LogP contribution is -2.50. The highest BCUT2D eigenvalue weighted by Crippen LogP contribution is 2.42. The van der Waals surface area contributed by atoms with Gasteiger partial charge in [0.2, 0.25) is 0 Å². The van der Waals surface area contributed by atoms with Gasteiger partial charge in [0.05, 0.1) is 17.6 Å². The number of aryl methyl sites for hydroxylation is 1. The van der Waals surface area contributed by atoms with Crippen LogP contribution in [0.3, 0.4) is 0 Å². The highest BCUT2D eigenvalue weighted by atomic mass is 35.5. The summed E-state index contributed by atoms with van der Waals surface area (Å²) in [5.41, 5.74) is 1.45. The molecule has 1 aromatic carbocycles. The van der Waals surface area contributed by atoms with Crippen molar-refractivity contribution in [1.29, 1.82) is 0 Å². The van der Waals surface area contributed by atoms with Gasteiger partial charge < -0.3 is 10.1 Å². The van der Waals surface area contributed by atoms with Crippen LogP contribution < -0.4 is 5.32 Å². The van der Waals surface area contributed by atoms with Crippen molar-refractivity contribution in [3.8, 4) is 0 Å². The third-order valence-electron chi connectivity index (χ3n) is 5.12. The molecule has 1 aliphatic carbocycles. The minimum Gasteiger partial charge on any atom is -0.381 e. The van der Waals surface area contributed by atoms with Gasteiger partial charge >= 0.3 is 0 Å². The van der Waals surface area contributed by atoms with E-state index in [-0.39, 0.29) is 17.8 Å². The van der Waals surface area contributed by atoms with E-state index in [1.165, 1.54) is 0 Å². The van der Waals surface area contributed by atoms with Gasteiger partial charge in [0, 0.05) is 23.7 Å². The van der Waals surface area contributed by atoms with E-state index in [0.717, 1.165) is 36.8 Å². The fourth-order valence-corrected chi connectivity index (χ4v) is 4.74. The van der Waals surface area contributed by atoms with E-state index in [1.54, 1.807) is 13.2 Å². The number of carbonyl (C=O) groups is 1. The largest absolute Gasteiger partial charge is 0.381 e. The Hall–Kier alpha value is -0.610. The van der Waals surface area contributed by atoms with Crippen LogP contribution in [0, 0.1) is 6.92 Å². The minimum atomic E-state index is -0.445. The van der Waals surface area contributed by atoms with E-state index >= 15 is 0 Å². The van der Waals surface area contributed by atoms with Crippen LogP contribution in [-0.2, 0) is 9.53 Å². The maximum atomic E-state index is 13.1. The highest BCUT2D eigenvalue weighted by Gasteiger charge is 2.50. The quantitative estimate of drug-likeness (QED) is 0.886. The number of rotatable bonds is 2. The molecular weight excluding hydrogens is 321 g/mol. The summed E-state index contributed by atoms with van der Waals surface area (Å²) in [4.78, 5) is 13.1. The van der Waals surface area contributed by atoms with Crippen molar-refractivity contribution in [1.82, 2.24) is 5.32 Å². The second kappa shape index (κ2) is 6.12. The second-order valence-corrected chi connectivity index (χ2v) is 7.30. The molecule has 3 unspecified atom stereocenters. The van der Waals surface area contributed by atoms with Gasteiger partial charge in [-0.15, -0.1) is 0 Å².